The van der Waals surface area contributed by atoms with Gasteiger partial charge in [0.2, 0.25) is 0 Å². The maximum Gasteiger partial charge on any atom is 0.163 e. The van der Waals surface area contributed by atoms with E-state index in [2.05, 4.69) is 0 Å². The number of nitrogens with two attached hydrogens (primary N) is 1. The van der Waals surface area contributed by atoms with Crippen LogP contribution in [0.5, 0.6) is 11.5 Å². The van der Waals surface area contributed by atoms with Crippen LogP contribution in [-0.4, -0.2) is 19.8 Å². The number of nitrogen functional groups attached to an aromatic ring is 1. The Labute approximate surface area is 113 Å². The first-order valence-electron chi connectivity index (χ1n) is 7.08. The molecule has 104 valence electrons. The van der Waals surface area contributed by atoms with Crippen molar-refractivity contribution in [2.75, 3.05) is 25.6 Å². The highest BCUT2D eigenvalue weighted by molar-refractivity contribution is 5.58. The Kier molecular flexibility index (Phi) is 3.78. The quantitative estimate of drug-likeness (QED) is 0.655. The van der Waals surface area contributed by atoms with Gasteiger partial charge in [-0.2, -0.15) is 0 Å². The molecule has 1 aromatic carbocycles. The van der Waals surface area contributed by atoms with E-state index in [9.17, 15) is 0 Å². The van der Waals surface area contributed by atoms with Crippen LogP contribution in [0.3, 0.4) is 0 Å². The maximum absolute atomic E-state index is 6.01. The van der Waals surface area contributed by atoms with Crippen LogP contribution in [0.15, 0.2) is 12.1 Å². The van der Waals surface area contributed by atoms with Gasteiger partial charge in [-0.25, -0.2) is 0 Å². The van der Waals surface area contributed by atoms with Gasteiger partial charge in [0.25, 0.3) is 0 Å². The molecule has 1 heterocycles. The summed E-state index contributed by atoms with van der Waals surface area (Å²) in [6.45, 7) is 2.55. The zero-order valence-electron chi connectivity index (χ0n) is 11.2. The lowest BCUT2D eigenvalue weighted by Gasteiger charge is -2.25. The molecule has 1 aliphatic carbocycles. The van der Waals surface area contributed by atoms with Crippen molar-refractivity contribution in [3.05, 3.63) is 17.7 Å². The second kappa shape index (κ2) is 5.70. The molecule has 1 aliphatic heterocycles. The Morgan fingerprint density at radius 2 is 1.89 bits per heavy atom. The van der Waals surface area contributed by atoms with E-state index in [0.717, 1.165) is 29.6 Å². The van der Waals surface area contributed by atoms with Gasteiger partial charge in [-0.15, -0.1) is 0 Å². The molecule has 0 radical (unpaired) electrons. The predicted molar refractivity (Wildman–Crippen MR) is 73.5 cm³/mol. The summed E-state index contributed by atoms with van der Waals surface area (Å²) in [5.41, 5.74) is 7.71. The number of benzene rings is 1. The second-order valence-corrected chi connectivity index (χ2v) is 5.33. The molecule has 0 aromatic heterocycles. The van der Waals surface area contributed by atoms with Gasteiger partial charge in [0, 0.05) is 23.9 Å². The Morgan fingerprint density at radius 1 is 1.16 bits per heavy atom. The summed E-state index contributed by atoms with van der Waals surface area (Å²) < 4.78 is 16.8. The van der Waals surface area contributed by atoms with E-state index in [1.54, 1.807) is 0 Å². The number of ether oxygens (including phenoxy) is 3. The molecule has 1 aromatic rings. The maximum atomic E-state index is 6.01. The summed E-state index contributed by atoms with van der Waals surface area (Å²) in [6.07, 6.45) is 5.30. The molecular formula is C15H21NO3. The Balaban J connectivity index is 1.54. The minimum absolute atomic E-state index is 0.551. The van der Waals surface area contributed by atoms with Crippen LogP contribution >= 0.6 is 0 Å². The van der Waals surface area contributed by atoms with Crippen LogP contribution in [0.25, 0.3) is 0 Å². The minimum Gasteiger partial charge on any atom is -0.486 e. The third-order valence-corrected chi connectivity index (χ3v) is 3.96. The molecule has 4 heteroatoms. The molecule has 2 N–H and O–H groups in total. The van der Waals surface area contributed by atoms with Crippen LogP contribution in [-0.2, 0) is 11.3 Å². The molecule has 4 nitrogen and oxygen atoms in total. The molecular weight excluding hydrogens is 242 g/mol. The highest BCUT2D eigenvalue weighted by Gasteiger charge is 2.17. The zero-order chi connectivity index (χ0) is 13.1. The number of rotatable bonds is 5. The van der Waals surface area contributed by atoms with Gasteiger partial charge < -0.3 is 19.9 Å². The first kappa shape index (κ1) is 12.6. The summed E-state index contributed by atoms with van der Waals surface area (Å²) in [5, 5.41) is 0. The predicted octanol–water partition coefficient (Wildman–Crippen LogP) is 2.75. The van der Waals surface area contributed by atoms with E-state index >= 15 is 0 Å². The van der Waals surface area contributed by atoms with Crippen molar-refractivity contribution >= 4 is 5.69 Å². The Hall–Kier alpha value is -1.42. The lowest BCUT2D eigenvalue weighted by atomic mass is 9.83. The van der Waals surface area contributed by atoms with Crippen molar-refractivity contribution in [3.8, 4) is 11.5 Å². The average Bonchev–Trinajstić information content (AvgIpc) is 2.36. The number of hydrogen-bond donors (Lipinski definition) is 1. The highest BCUT2D eigenvalue weighted by atomic mass is 16.6. The molecule has 1 fully saturated rings. The molecule has 2 aliphatic rings. The lowest BCUT2D eigenvalue weighted by molar-refractivity contribution is 0.0948. The smallest absolute Gasteiger partial charge is 0.163 e. The van der Waals surface area contributed by atoms with Crippen molar-refractivity contribution < 1.29 is 14.2 Å². The Morgan fingerprint density at radius 3 is 2.58 bits per heavy atom. The van der Waals surface area contributed by atoms with Crippen molar-refractivity contribution in [1.29, 1.82) is 0 Å². The summed E-state index contributed by atoms with van der Waals surface area (Å²) >= 11 is 0. The van der Waals surface area contributed by atoms with Crippen LogP contribution in [0.2, 0.25) is 0 Å². The summed E-state index contributed by atoms with van der Waals surface area (Å²) in [4.78, 5) is 0. The number of hydrogen-bond acceptors (Lipinski definition) is 4. The summed E-state index contributed by atoms with van der Waals surface area (Å²) in [5.74, 6) is 2.40. The third-order valence-electron chi connectivity index (χ3n) is 3.96. The molecule has 3 rings (SSSR count). The van der Waals surface area contributed by atoms with Crippen molar-refractivity contribution in [2.45, 2.75) is 32.3 Å². The van der Waals surface area contributed by atoms with Gasteiger partial charge in [-0.1, -0.05) is 19.3 Å². The standard InChI is InChI=1S/C15H21NO3/c16-13-9-15-14(18-6-7-19-15)8-12(13)10-17-5-4-11-2-1-3-11/h8-9,11H,1-7,10,16H2. The van der Waals surface area contributed by atoms with Gasteiger partial charge in [0.15, 0.2) is 11.5 Å². The average molecular weight is 263 g/mol. The van der Waals surface area contributed by atoms with Crippen molar-refractivity contribution in [2.24, 2.45) is 5.92 Å². The first-order valence-corrected chi connectivity index (χ1v) is 7.08. The van der Waals surface area contributed by atoms with Crippen LogP contribution in [0, 0.1) is 5.92 Å². The fourth-order valence-electron chi connectivity index (χ4n) is 2.49. The van der Waals surface area contributed by atoms with Gasteiger partial charge in [-0.3, -0.25) is 0 Å². The van der Waals surface area contributed by atoms with E-state index < -0.39 is 0 Å². The molecule has 0 atom stereocenters. The third kappa shape index (κ3) is 2.95. The van der Waals surface area contributed by atoms with E-state index in [0.29, 0.717) is 25.5 Å². The van der Waals surface area contributed by atoms with Crippen molar-refractivity contribution in [3.63, 3.8) is 0 Å². The zero-order valence-corrected chi connectivity index (χ0v) is 11.2. The number of anilines is 1. The minimum atomic E-state index is 0.551. The first-order chi connectivity index (χ1) is 9.33. The van der Waals surface area contributed by atoms with Crippen LogP contribution in [0.1, 0.15) is 31.2 Å². The monoisotopic (exact) mass is 263 g/mol. The summed E-state index contributed by atoms with van der Waals surface area (Å²) in [6, 6.07) is 3.77. The molecule has 1 saturated carbocycles. The van der Waals surface area contributed by atoms with E-state index in [4.69, 9.17) is 19.9 Å². The van der Waals surface area contributed by atoms with Gasteiger partial charge in [0.05, 0.1) is 6.61 Å². The largest absolute Gasteiger partial charge is 0.486 e. The Bertz CT molecular complexity index is 443. The highest BCUT2D eigenvalue weighted by Crippen LogP contribution is 2.35. The number of fused-ring (bicyclic) bond motifs is 1. The second-order valence-electron chi connectivity index (χ2n) is 5.33. The topological polar surface area (TPSA) is 53.7 Å². The van der Waals surface area contributed by atoms with E-state index in [1.807, 2.05) is 12.1 Å². The molecule has 0 bridgehead atoms. The molecule has 0 unspecified atom stereocenters. The van der Waals surface area contributed by atoms with Gasteiger partial charge in [-0.05, 0) is 18.4 Å². The van der Waals surface area contributed by atoms with Crippen LogP contribution in [0.4, 0.5) is 5.69 Å². The van der Waals surface area contributed by atoms with Crippen molar-refractivity contribution in [1.82, 2.24) is 0 Å². The lowest BCUT2D eigenvalue weighted by Crippen LogP contribution is -2.16. The molecule has 0 amide bonds. The summed E-state index contributed by atoms with van der Waals surface area (Å²) in [7, 11) is 0. The molecule has 0 saturated heterocycles. The van der Waals surface area contributed by atoms with Crippen LogP contribution < -0.4 is 15.2 Å². The van der Waals surface area contributed by atoms with E-state index in [-0.39, 0.29) is 0 Å². The SMILES string of the molecule is Nc1cc2c(cc1COCCC1CCC1)OCCO2. The fraction of sp³-hybridized carbons (Fsp3) is 0.600. The van der Waals surface area contributed by atoms with Gasteiger partial charge in [0.1, 0.15) is 13.2 Å². The van der Waals surface area contributed by atoms with Gasteiger partial charge >= 0.3 is 0 Å². The van der Waals surface area contributed by atoms with E-state index in [1.165, 1.54) is 25.7 Å². The molecule has 19 heavy (non-hydrogen) atoms. The normalized spacial score (nSPS) is 18.1. The fourth-order valence-corrected chi connectivity index (χ4v) is 2.49. The molecule has 0 spiro atoms.